The van der Waals surface area contributed by atoms with Gasteiger partial charge < -0.3 is 15.2 Å². The topological polar surface area (TPSA) is 58.6 Å². The number of aliphatic carboxylic acids is 1. The third-order valence-electron chi connectivity index (χ3n) is 6.94. The number of rotatable bonds is 11. The highest BCUT2D eigenvalue weighted by molar-refractivity contribution is 8.00. The van der Waals surface area contributed by atoms with Crippen LogP contribution >= 0.6 is 24.0 Å². The number of hydrogen-bond acceptors (Lipinski definition) is 4. The van der Waals surface area contributed by atoms with Gasteiger partial charge in [-0.05, 0) is 85.0 Å². The summed E-state index contributed by atoms with van der Waals surface area (Å²) in [5.74, 6) is -0.642. The number of nitrogens with one attached hydrogen (secondary N) is 1. The van der Waals surface area contributed by atoms with Crippen LogP contribution in [0.25, 0.3) is 11.1 Å². The number of ether oxygens (including phenoxy) is 1. The van der Waals surface area contributed by atoms with Gasteiger partial charge in [0.1, 0.15) is 10.7 Å². The molecule has 0 aliphatic heterocycles. The first-order chi connectivity index (χ1) is 22.1. The second-order valence-corrected chi connectivity index (χ2v) is 12.3. The lowest BCUT2D eigenvalue weighted by Crippen LogP contribution is -2.21. The van der Waals surface area contributed by atoms with Gasteiger partial charge in [0.15, 0.2) is 6.61 Å². The zero-order chi connectivity index (χ0) is 34.4. The van der Waals surface area contributed by atoms with Crippen molar-refractivity contribution in [1.29, 1.82) is 0 Å². The van der Waals surface area contributed by atoms with Crippen molar-refractivity contribution < 1.29 is 41.0 Å². The standard InChI is InChI=1S/C35H29F6NO3S2/c1-21-17-29(15-16-31(21)45-20-32(43)44)47-30(18-22(2)42-33(46)26-9-13-28(14-10-26)35(39,40)41)19-23-3-5-24(6-4-23)25-7-11-27(12-8-25)34(36,37)38/h3-18,30H,19-20H2,1-2H3,(H,42,46)(H,43,44)/b22-18+. The minimum atomic E-state index is -4.46. The lowest BCUT2D eigenvalue weighted by Gasteiger charge is -2.17. The molecule has 0 aliphatic carbocycles. The molecule has 1 atom stereocenters. The molecule has 0 saturated heterocycles. The number of hydrogen-bond donors (Lipinski definition) is 2. The first-order valence-electron chi connectivity index (χ1n) is 14.1. The highest BCUT2D eigenvalue weighted by Crippen LogP contribution is 2.34. The summed E-state index contributed by atoms with van der Waals surface area (Å²) in [5.41, 5.74) is 2.71. The van der Waals surface area contributed by atoms with Gasteiger partial charge >= 0.3 is 18.3 Å². The van der Waals surface area contributed by atoms with Crippen LogP contribution in [0.1, 0.15) is 34.7 Å². The van der Waals surface area contributed by atoms with E-state index in [1.54, 1.807) is 19.9 Å². The van der Waals surface area contributed by atoms with E-state index in [4.69, 9.17) is 22.1 Å². The highest BCUT2D eigenvalue weighted by atomic mass is 32.2. The zero-order valence-corrected chi connectivity index (χ0v) is 26.7. The van der Waals surface area contributed by atoms with E-state index in [1.807, 2.05) is 42.5 Å². The molecule has 4 aromatic carbocycles. The Morgan fingerprint density at radius 2 is 1.40 bits per heavy atom. The van der Waals surface area contributed by atoms with Gasteiger partial charge in [-0.1, -0.05) is 66.8 Å². The Morgan fingerprint density at radius 3 is 1.91 bits per heavy atom. The minimum Gasteiger partial charge on any atom is -0.482 e. The van der Waals surface area contributed by atoms with Crippen LogP contribution in [-0.2, 0) is 23.6 Å². The summed E-state index contributed by atoms with van der Waals surface area (Å²) < 4.78 is 83.2. The van der Waals surface area contributed by atoms with E-state index in [9.17, 15) is 31.1 Å². The third kappa shape index (κ3) is 10.4. The number of benzene rings is 4. The maximum atomic E-state index is 13.0. The molecular weight excluding hydrogens is 661 g/mol. The number of carboxylic acid groups (broad SMARTS) is 1. The van der Waals surface area contributed by atoms with Crippen molar-refractivity contribution >= 4 is 34.9 Å². The molecule has 0 fully saturated rings. The van der Waals surface area contributed by atoms with E-state index in [0.29, 0.717) is 29.0 Å². The number of allylic oxidation sites excluding steroid dienone is 1. The van der Waals surface area contributed by atoms with Crippen LogP contribution in [0.5, 0.6) is 5.75 Å². The molecule has 12 heteroatoms. The number of aryl methyl sites for hydroxylation is 1. The third-order valence-corrected chi connectivity index (χ3v) is 8.41. The Kier molecular flexibility index (Phi) is 11.4. The molecule has 0 heterocycles. The summed E-state index contributed by atoms with van der Waals surface area (Å²) in [5, 5.41) is 11.9. The Bertz CT molecular complexity index is 1730. The molecule has 4 nitrogen and oxygen atoms in total. The van der Waals surface area contributed by atoms with Gasteiger partial charge in [-0.15, -0.1) is 11.8 Å². The quantitative estimate of drug-likeness (QED) is 0.0930. The van der Waals surface area contributed by atoms with Crippen molar-refractivity contribution in [2.75, 3.05) is 6.61 Å². The van der Waals surface area contributed by atoms with Crippen molar-refractivity contribution in [3.63, 3.8) is 0 Å². The summed E-state index contributed by atoms with van der Waals surface area (Å²) >= 11 is 6.98. The smallest absolute Gasteiger partial charge is 0.416 e. The highest BCUT2D eigenvalue weighted by Gasteiger charge is 2.30. The summed E-state index contributed by atoms with van der Waals surface area (Å²) in [6.07, 6.45) is -6.38. The van der Waals surface area contributed by atoms with Gasteiger partial charge in [0.05, 0.1) is 11.1 Å². The largest absolute Gasteiger partial charge is 0.482 e. The number of carboxylic acids is 1. The molecule has 0 radical (unpaired) electrons. The second-order valence-electron chi connectivity index (χ2n) is 10.6. The predicted octanol–water partition coefficient (Wildman–Crippen LogP) is 9.74. The van der Waals surface area contributed by atoms with Crippen LogP contribution in [0, 0.1) is 6.92 Å². The van der Waals surface area contributed by atoms with Gasteiger partial charge in [-0.3, -0.25) is 0 Å². The Hall–Kier alpha value is -4.29. The Morgan fingerprint density at radius 1 is 0.872 bits per heavy atom. The van der Waals surface area contributed by atoms with Gasteiger partial charge in [0.2, 0.25) is 0 Å². The first-order valence-corrected chi connectivity index (χ1v) is 15.4. The maximum absolute atomic E-state index is 13.0. The minimum absolute atomic E-state index is 0.167. The summed E-state index contributed by atoms with van der Waals surface area (Å²) in [7, 11) is 0. The van der Waals surface area contributed by atoms with Crippen LogP contribution < -0.4 is 10.1 Å². The van der Waals surface area contributed by atoms with Crippen LogP contribution in [0.2, 0.25) is 0 Å². The normalized spacial score (nSPS) is 12.8. The monoisotopic (exact) mass is 689 g/mol. The van der Waals surface area contributed by atoms with Crippen molar-refractivity contribution in [1.82, 2.24) is 5.32 Å². The molecule has 4 rings (SSSR count). The number of halogens is 6. The van der Waals surface area contributed by atoms with Gasteiger partial charge in [0.25, 0.3) is 0 Å². The van der Waals surface area contributed by atoms with Crippen molar-refractivity contribution in [3.05, 3.63) is 131 Å². The van der Waals surface area contributed by atoms with E-state index in [-0.39, 0.29) is 10.2 Å². The van der Waals surface area contributed by atoms with Crippen LogP contribution in [0.15, 0.2) is 108 Å². The second kappa shape index (κ2) is 15.1. The van der Waals surface area contributed by atoms with Gasteiger partial charge in [-0.2, -0.15) is 26.3 Å². The zero-order valence-electron chi connectivity index (χ0n) is 25.1. The Balaban J connectivity index is 1.54. The van der Waals surface area contributed by atoms with Gasteiger partial charge in [0, 0.05) is 21.4 Å². The molecule has 0 saturated carbocycles. The predicted molar refractivity (Wildman–Crippen MR) is 175 cm³/mol. The molecular formula is C35H29F6NO3S2. The fraction of sp³-hybridized carbons (Fsp3) is 0.200. The average molecular weight is 690 g/mol. The van der Waals surface area contributed by atoms with Crippen LogP contribution in [0.3, 0.4) is 0 Å². The van der Waals surface area contributed by atoms with Crippen LogP contribution in [-0.4, -0.2) is 27.9 Å². The fourth-order valence-corrected chi connectivity index (χ4v) is 6.19. The van der Waals surface area contributed by atoms with E-state index in [1.165, 1.54) is 36.0 Å². The van der Waals surface area contributed by atoms with Gasteiger partial charge in [-0.25, -0.2) is 4.79 Å². The molecule has 1 unspecified atom stereocenters. The number of carbonyl (C=O) groups is 1. The lowest BCUT2D eigenvalue weighted by molar-refractivity contribution is -0.139. The summed E-state index contributed by atoms with van der Waals surface area (Å²) in [4.78, 5) is 12.0. The van der Waals surface area contributed by atoms with Crippen molar-refractivity contribution in [3.8, 4) is 16.9 Å². The summed E-state index contributed by atoms with van der Waals surface area (Å²) in [6.45, 7) is 3.14. The Labute approximate surface area is 277 Å². The molecule has 0 aromatic heterocycles. The van der Waals surface area contributed by atoms with E-state index in [2.05, 4.69) is 5.32 Å². The molecule has 47 heavy (non-hydrogen) atoms. The number of thiocarbonyl (C=S) groups is 1. The molecule has 2 N–H and O–H groups in total. The first kappa shape index (κ1) is 35.6. The number of alkyl halides is 6. The van der Waals surface area contributed by atoms with E-state index < -0.39 is 36.1 Å². The van der Waals surface area contributed by atoms with Crippen molar-refractivity contribution in [2.45, 2.75) is 42.8 Å². The average Bonchev–Trinajstić information content (AvgIpc) is 3.00. The molecule has 0 spiro atoms. The van der Waals surface area contributed by atoms with Crippen molar-refractivity contribution in [2.24, 2.45) is 0 Å². The summed E-state index contributed by atoms with van der Waals surface area (Å²) in [6, 6.07) is 22.4. The number of thioether (sulfide) groups is 1. The lowest BCUT2D eigenvalue weighted by atomic mass is 10.0. The molecule has 246 valence electrons. The molecule has 4 aromatic rings. The SMILES string of the molecule is C/C(=C\C(Cc1ccc(-c2ccc(C(F)(F)F)cc2)cc1)Sc1ccc(OCC(=O)O)c(C)c1)NC(=S)c1ccc(C(F)(F)F)cc1. The van der Waals surface area contributed by atoms with E-state index >= 15 is 0 Å². The van der Waals surface area contributed by atoms with E-state index in [0.717, 1.165) is 45.9 Å². The molecule has 0 bridgehead atoms. The van der Waals surface area contributed by atoms with Crippen LogP contribution in [0.4, 0.5) is 26.3 Å². The fourth-order valence-electron chi connectivity index (χ4n) is 4.61. The molecule has 0 aliphatic rings. The maximum Gasteiger partial charge on any atom is 0.416 e. The molecule has 0 amide bonds.